The van der Waals surface area contributed by atoms with Crippen LogP contribution in [0.1, 0.15) is 36.1 Å². The van der Waals surface area contributed by atoms with Crippen molar-refractivity contribution in [1.82, 2.24) is 10.4 Å². The van der Waals surface area contributed by atoms with Crippen LogP contribution in [0.15, 0.2) is 36.7 Å². The molecule has 1 atom stereocenters. The highest BCUT2D eigenvalue weighted by atomic mass is 35.5. The molecule has 2 aromatic rings. The summed E-state index contributed by atoms with van der Waals surface area (Å²) in [7, 11) is 0. The Morgan fingerprint density at radius 1 is 1.24 bits per heavy atom. The van der Waals surface area contributed by atoms with Gasteiger partial charge in [-0.15, -0.1) is 0 Å². The lowest BCUT2D eigenvalue weighted by molar-refractivity contribution is 0.315. The lowest BCUT2D eigenvalue weighted by Gasteiger charge is -2.18. The molecule has 1 unspecified atom stereocenters. The zero-order chi connectivity index (χ0) is 15.2. The van der Waals surface area contributed by atoms with Crippen LogP contribution in [-0.4, -0.2) is 11.6 Å². The number of nitrogens with one attached hydrogen (secondary N) is 1. The molecule has 0 aliphatic rings. The first kappa shape index (κ1) is 15.8. The van der Waals surface area contributed by atoms with Crippen LogP contribution in [0, 0.1) is 6.92 Å². The molecule has 5 heteroatoms. The Hall–Kier alpha value is -1.62. The number of aryl methyl sites for hydroxylation is 1. The fraction of sp³-hybridized carbons (Fsp3) is 0.312. The zero-order valence-electron chi connectivity index (χ0n) is 12.3. The number of ether oxygens (including phenoxy) is 1. The van der Waals surface area contributed by atoms with E-state index in [1.54, 1.807) is 12.4 Å². The van der Waals surface area contributed by atoms with Gasteiger partial charge in [0.25, 0.3) is 0 Å². The molecular formula is C16H20ClN3O. The van der Waals surface area contributed by atoms with Gasteiger partial charge in [0, 0.05) is 11.2 Å². The number of aromatic nitrogens is 1. The van der Waals surface area contributed by atoms with E-state index in [-0.39, 0.29) is 6.04 Å². The first-order valence-corrected chi connectivity index (χ1v) is 7.32. The summed E-state index contributed by atoms with van der Waals surface area (Å²) in [6.07, 6.45) is 4.44. The Labute approximate surface area is 130 Å². The van der Waals surface area contributed by atoms with Crippen LogP contribution in [0.2, 0.25) is 5.02 Å². The number of nitrogens with two attached hydrogens (primary N) is 1. The van der Waals surface area contributed by atoms with E-state index < -0.39 is 0 Å². The summed E-state index contributed by atoms with van der Waals surface area (Å²) < 4.78 is 5.62. The molecule has 21 heavy (non-hydrogen) atoms. The third-order valence-corrected chi connectivity index (χ3v) is 3.32. The molecule has 0 amide bonds. The third-order valence-electron chi connectivity index (χ3n) is 3.10. The predicted octanol–water partition coefficient (Wildman–Crippen LogP) is 3.38. The van der Waals surface area contributed by atoms with Crippen molar-refractivity contribution in [2.75, 3.05) is 6.61 Å². The van der Waals surface area contributed by atoms with Crippen LogP contribution < -0.4 is 16.0 Å². The molecule has 1 aromatic carbocycles. The summed E-state index contributed by atoms with van der Waals surface area (Å²) in [5, 5.41) is 0.691. The van der Waals surface area contributed by atoms with Crippen LogP contribution in [0.4, 0.5) is 0 Å². The van der Waals surface area contributed by atoms with Crippen molar-refractivity contribution in [3.05, 3.63) is 58.4 Å². The largest absolute Gasteiger partial charge is 0.492 e. The van der Waals surface area contributed by atoms with Crippen molar-refractivity contribution in [3.8, 4) is 5.75 Å². The Bertz CT molecular complexity index is 584. The molecule has 0 saturated heterocycles. The molecule has 4 nitrogen and oxygen atoms in total. The smallest absolute Gasteiger partial charge is 0.137 e. The first-order chi connectivity index (χ1) is 10.1. The molecule has 0 radical (unpaired) electrons. The maximum absolute atomic E-state index is 6.13. The summed E-state index contributed by atoms with van der Waals surface area (Å²) in [6.45, 7) is 4.74. The highest BCUT2D eigenvalue weighted by Gasteiger charge is 2.14. The quantitative estimate of drug-likeness (QED) is 0.634. The lowest BCUT2D eigenvalue weighted by atomic mass is 9.99. The highest BCUT2D eigenvalue weighted by molar-refractivity contribution is 6.30. The van der Waals surface area contributed by atoms with Crippen molar-refractivity contribution < 1.29 is 4.74 Å². The predicted molar refractivity (Wildman–Crippen MR) is 85.4 cm³/mol. The standard InChI is InChI=1S/C16H20ClN3O/c1-3-4-21-15-8-13(9-19-10-15)16(20-18)12-5-11(2)6-14(17)7-12/h5-10,16,20H,3-4,18H2,1-2H3. The van der Waals surface area contributed by atoms with Crippen molar-refractivity contribution >= 4 is 11.6 Å². The zero-order valence-corrected chi connectivity index (χ0v) is 13.0. The molecule has 0 bridgehead atoms. The number of hydrogen-bond acceptors (Lipinski definition) is 4. The number of hydrazine groups is 1. The second-order valence-electron chi connectivity index (χ2n) is 4.96. The van der Waals surface area contributed by atoms with Crippen molar-refractivity contribution in [1.29, 1.82) is 0 Å². The summed E-state index contributed by atoms with van der Waals surface area (Å²) in [5.74, 6) is 6.47. The summed E-state index contributed by atoms with van der Waals surface area (Å²) in [5.41, 5.74) is 5.84. The summed E-state index contributed by atoms with van der Waals surface area (Å²) in [4.78, 5) is 4.22. The second-order valence-corrected chi connectivity index (χ2v) is 5.40. The van der Waals surface area contributed by atoms with Gasteiger partial charge in [-0.05, 0) is 48.2 Å². The first-order valence-electron chi connectivity index (χ1n) is 6.95. The molecular weight excluding hydrogens is 286 g/mol. The van der Waals surface area contributed by atoms with E-state index in [4.69, 9.17) is 22.2 Å². The van der Waals surface area contributed by atoms with Gasteiger partial charge >= 0.3 is 0 Å². The van der Waals surface area contributed by atoms with Gasteiger partial charge in [-0.2, -0.15) is 0 Å². The second kappa shape index (κ2) is 7.41. The van der Waals surface area contributed by atoms with Gasteiger partial charge in [0.2, 0.25) is 0 Å². The van der Waals surface area contributed by atoms with Crippen LogP contribution in [0.5, 0.6) is 5.75 Å². The van der Waals surface area contributed by atoms with E-state index >= 15 is 0 Å². The van der Waals surface area contributed by atoms with Gasteiger partial charge in [-0.3, -0.25) is 10.8 Å². The minimum atomic E-state index is -0.180. The molecule has 0 spiro atoms. The van der Waals surface area contributed by atoms with Gasteiger partial charge in [0.1, 0.15) is 5.75 Å². The van der Waals surface area contributed by atoms with Gasteiger partial charge in [-0.1, -0.05) is 24.6 Å². The third kappa shape index (κ3) is 4.17. The average molecular weight is 306 g/mol. The molecule has 1 heterocycles. The monoisotopic (exact) mass is 305 g/mol. The minimum absolute atomic E-state index is 0.180. The maximum atomic E-state index is 6.13. The van der Waals surface area contributed by atoms with Crippen LogP contribution in [-0.2, 0) is 0 Å². The number of benzene rings is 1. The van der Waals surface area contributed by atoms with Gasteiger partial charge in [0.05, 0.1) is 18.8 Å². The SMILES string of the molecule is CCCOc1cncc(C(NN)c2cc(C)cc(Cl)c2)c1. The minimum Gasteiger partial charge on any atom is -0.492 e. The number of rotatable bonds is 6. The summed E-state index contributed by atoms with van der Waals surface area (Å²) in [6, 6.07) is 7.63. The molecule has 0 aliphatic carbocycles. The molecule has 0 saturated carbocycles. The molecule has 112 valence electrons. The van der Waals surface area contributed by atoms with Crippen molar-refractivity contribution in [2.24, 2.45) is 5.84 Å². The molecule has 0 aliphatic heterocycles. The maximum Gasteiger partial charge on any atom is 0.137 e. The fourth-order valence-corrected chi connectivity index (χ4v) is 2.51. The van der Waals surface area contributed by atoms with Gasteiger partial charge < -0.3 is 4.74 Å². The fourth-order valence-electron chi connectivity index (χ4n) is 2.21. The van der Waals surface area contributed by atoms with E-state index in [0.717, 1.165) is 28.9 Å². The van der Waals surface area contributed by atoms with Crippen LogP contribution in [0.25, 0.3) is 0 Å². The number of hydrogen-bond donors (Lipinski definition) is 2. The Kier molecular flexibility index (Phi) is 5.56. The highest BCUT2D eigenvalue weighted by Crippen LogP contribution is 2.26. The van der Waals surface area contributed by atoms with E-state index in [2.05, 4.69) is 23.4 Å². The van der Waals surface area contributed by atoms with Gasteiger partial charge in [-0.25, -0.2) is 5.43 Å². The lowest BCUT2D eigenvalue weighted by Crippen LogP contribution is -2.29. The molecule has 3 N–H and O–H groups in total. The van der Waals surface area contributed by atoms with E-state index in [1.165, 1.54) is 0 Å². The Balaban J connectivity index is 2.32. The molecule has 1 aromatic heterocycles. The molecule has 2 rings (SSSR count). The van der Waals surface area contributed by atoms with Crippen molar-refractivity contribution in [3.63, 3.8) is 0 Å². The number of nitrogens with zero attached hydrogens (tertiary/aromatic N) is 1. The molecule has 0 fully saturated rings. The van der Waals surface area contributed by atoms with Gasteiger partial charge in [0.15, 0.2) is 0 Å². The van der Waals surface area contributed by atoms with Crippen LogP contribution >= 0.6 is 11.6 Å². The van der Waals surface area contributed by atoms with E-state index in [9.17, 15) is 0 Å². The number of pyridine rings is 1. The topological polar surface area (TPSA) is 60.2 Å². The van der Waals surface area contributed by atoms with E-state index in [0.29, 0.717) is 11.6 Å². The number of halogens is 1. The summed E-state index contributed by atoms with van der Waals surface area (Å²) >= 11 is 6.13. The van der Waals surface area contributed by atoms with E-state index in [1.807, 2.05) is 25.1 Å². The normalized spacial score (nSPS) is 12.2. The Morgan fingerprint density at radius 2 is 2.05 bits per heavy atom. The Morgan fingerprint density at radius 3 is 2.71 bits per heavy atom. The van der Waals surface area contributed by atoms with Crippen molar-refractivity contribution in [2.45, 2.75) is 26.3 Å². The van der Waals surface area contributed by atoms with Crippen LogP contribution in [0.3, 0.4) is 0 Å². The average Bonchev–Trinajstić information content (AvgIpc) is 2.45.